The third-order valence-electron chi connectivity index (χ3n) is 3.90. The molecule has 0 aromatic heterocycles. The molecule has 0 amide bonds. The molecule has 21 heavy (non-hydrogen) atoms. The van der Waals surface area contributed by atoms with Gasteiger partial charge in [0.1, 0.15) is 29.7 Å². The third kappa shape index (κ3) is 2.37. The Hall–Kier alpha value is -2.38. The third-order valence-corrected chi connectivity index (χ3v) is 3.90. The molecule has 1 aliphatic rings. The van der Waals surface area contributed by atoms with Crippen LogP contribution < -0.4 is 4.74 Å². The Labute approximate surface area is 122 Å². The van der Waals surface area contributed by atoms with E-state index in [0.717, 1.165) is 11.3 Å². The number of nitrogens with zero attached hydrogens (tertiary/aromatic N) is 1. The van der Waals surface area contributed by atoms with E-state index in [1.807, 2.05) is 24.3 Å². The Kier molecular flexibility index (Phi) is 3.36. The fourth-order valence-electron chi connectivity index (χ4n) is 2.66. The molecule has 0 saturated heterocycles. The Morgan fingerprint density at radius 3 is 2.62 bits per heavy atom. The van der Waals surface area contributed by atoms with E-state index in [0.29, 0.717) is 12.0 Å². The van der Waals surface area contributed by atoms with Crippen molar-refractivity contribution in [2.45, 2.75) is 12.5 Å². The van der Waals surface area contributed by atoms with Gasteiger partial charge in [0, 0.05) is 6.42 Å². The van der Waals surface area contributed by atoms with Crippen LogP contribution in [0.4, 0.5) is 4.39 Å². The highest BCUT2D eigenvalue weighted by molar-refractivity contribution is 5.39. The Morgan fingerprint density at radius 1 is 1.19 bits per heavy atom. The van der Waals surface area contributed by atoms with Gasteiger partial charge in [0.25, 0.3) is 0 Å². The summed E-state index contributed by atoms with van der Waals surface area (Å²) in [5.74, 6) is 0.372. The predicted molar refractivity (Wildman–Crippen MR) is 75.0 cm³/mol. The molecule has 0 bridgehead atoms. The van der Waals surface area contributed by atoms with Gasteiger partial charge in [-0.15, -0.1) is 0 Å². The van der Waals surface area contributed by atoms with Gasteiger partial charge >= 0.3 is 0 Å². The summed E-state index contributed by atoms with van der Waals surface area (Å²) in [5, 5.41) is 20.2. The minimum atomic E-state index is -1.06. The molecule has 2 atom stereocenters. The molecule has 2 aromatic rings. The molecule has 0 aliphatic carbocycles. The van der Waals surface area contributed by atoms with E-state index in [9.17, 15) is 14.8 Å². The molecule has 0 spiro atoms. The molecule has 3 rings (SSSR count). The highest BCUT2D eigenvalue weighted by atomic mass is 19.1. The number of hydrogen-bond donors (Lipinski definition) is 1. The van der Waals surface area contributed by atoms with Crippen LogP contribution in [0.2, 0.25) is 0 Å². The van der Waals surface area contributed by atoms with Gasteiger partial charge in [-0.05, 0) is 29.3 Å². The van der Waals surface area contributed by atoms with Gasteiger partial charge in [0.2, 0.25) is 0 Å². The van der Waals surface area contributed by atoms with Gasteiger partial charge in [-0.2, -0.15) is 5.26 Å². The Morgan fingerprint density at radius 2 is 1.90 bits per heavy atom. The van der Waals surface area contributed by atoms with Crippen molar-refractivity contribution in [1.29, 1.82) is 5.26 Å². The standard InChI is InChI=1S/C17H14FNO2/c18-14-7-5-12(6-8-14)16(20)17(10-19)9-13-3-1-2-4-15(13)21-11-17/h1-8,16,20H,9,11H2. The van der Waals surface area contributed by atoms with E-state index in [4.69, 9.17) is 4.74 Å². The Bertz CT molecular complexity index is 693. The van der Waals surface area contributed by atoms with Crippen LogP contribution in [-0.2, 0) is 6.42 Å². The molecule has 0 fully saturated rings. The molecule has 2 aromatic carbocycles. The van der Waals surface area contributed by atoms with Crippen molar-refractivity contribution in [3.63, 3.8) is 0 Å². The van der Waals surface area contributed by atoms with Crippen LogP contribution in [0.5, 0.6) is 5.75 Å². The van der Waals surface area contributed by atoms with Crippen molar-refractivity contribution < 1.29 is 14.2 Å². The molecule has 106 valence electrons. The van der Waals surface area contributed by atoms with Crippen LogP contribution in [0.3, 0.4) is 0 Å². The fourth-order valence-corrected chi connectivity index (χ4v) is 2.66. The lowest BCUT2D eigenvalue weighted by atomic mass is 9.74. The lowest BCUT2D eigenvalue weighted by Crippen LogP contribution is -2.39. The number of aliphatic hydroxyl groups is 1. The van der Waals surface area contributed by atoms with E-state index in [2.05, 4.69) is 6.07 Å². The maximum Gasteiger partial charge on any atom is 0.125 e. The minimum absolute atomic E-state index is 0.110. The molecule has 0 saturated carbocycles. The molecule has 0 radical (unpaired) electrons. The fraction of sp³-hybridized carbons (Fsp3) is 0.235. The summed E-state index contributed by atoms with van der Waals surface area (Å²) in [5.41, 5.74) is 0.346. The molecule has 3 nitrogen and oxygen atoms in total. The number of nitriles is 1. The van der Waals surface area contributed by atoms with Crippen molar-refractivity contribution in [2.75, 3.05) is 6.61 Å². The molecule has 1 aliphatic heterocycles. The summed E-state index contributed by atoms with van der Waals surface area (Å²) in [4.78, 5) is 0. The summed E-state index contributed by atoms with van der Waals surface area (Å²) in [6, 6.07) is 15.2. The predicted octanol–water partition coefficient (Wildman–Crippen LogP) is 3.00. The average molecular weight is 283 g/mol. The highest BCUT2D eigenvalue weighted by Crippen LogP contribution is 2.42. The minimum Gasteiger partial charge on any atom is -0.492 e. The molecular weight excluding hydrogens is 269 g/mol. The second-order valence-corrected chi connectivity index (χ2v) is 5.30. The quantitative estimate of drug-likeness (QED) is 0.921. The molecule has 1 N–H and O–H groups in total. The monoisotopic (exact) mass is 283 g/mol. The molecular formula is C17H14FNO2. The number of rotatable bonds is 2. The summed E-state index contributed by atoms with van der Waals surface area (Å²) in [6.45, 7) is 0.110. The summed E-state index contributed by atoms with van der Waals surface area (Å²) in [7, 11) is 0. The van der Waals surface area contributed by atoms with Crippen molar-refractivity contribution in [1.82, 2.24) is 0 Å². The molecule has 1 heterocycles. The first-order valence-electron chi connectivity index (χ1n) is 6.70. The zero-order valence-electron chi connectivity index (χ0n) is 11.3. The molecule has 2 unspecified atom stereocenters. The largest absolute Gasteiger partial charge is 0.492 e. The van der Waals surface area contributed by atoms with E-state index < -0.39 is 11.5 Å². The van der Waals surface area contributed by atoms with E-state index in [1.165, 1.54) is 24.3 Å². The van der Waals surface area contributed by atoms with Crippen molar-refractivity contribution in [3.8, 4) is 11.8 Å². The van der Waals surface area contributed by atoms with E-state index in [1.54, 1.807) is 0 Å². The smallest absolute Gasteiger partial charge is 0.125 e. The first kappa shape index (κ1) is 13.6. The lowest BCUT2D eigenvalue weighted by Gasteiger charge is -2.36. The van der Waals surface area contributed by atoms with Crippen molar-refractivity contribution in [3.05, 3.63) is 65.5 Å². The topological polar surface area (TPSA) is 53.2 Å². The maximum absolute atomic E-state index is 13.0. The number of para-hydroxylation sites is 1. The van der Waals surface area contributed by atoms with Gasteiger partial charge in [-0.3, -0.25) is 0 Å². The first-order chi connectivity index (χ1) is 10.1. The van der Waals surface area contributed by atoms with Crippen LogP contribution in [-0.4, -0.2) is 11.7 Å². The summed E-state index contributed by atoms with van der Waals surface area (Å²) in [6.07, 6.45) is -0.630. The number of aliphatic hydroxyl groups excluding tert-OH is 1. The molecule has 4 heteroatoms. The Balaban J connectivity index is 1.95. The normalized spacial score (nSPS) is 21.8. The van der Waals surface area contributed by atoms with Crippen molar-refractivity contribution >= 4 is 0 Å². The zero-order valence-corrected chi connectivity index (χ0v) is 11.3. The van der Waals surface area contributed by atoms with Crippen LogP contribution in [0.1, 0.15) is 17.2 Å². The SMILES string of the molecule is N#CC1(C(O)c2ccc(F)cc2)COc2ccccc2C1. The number of benzene rings is 2. The number of fused-ring (bicyclic) bond motifs is 1. The van der Waals surface area contributed by atoms with Crippen LogP contribution >= 0.6 is 0 Å². The van der Waals surface area contributed by atoms with E-state index >= 15 is 0 Å². The zero-order chi connectivity index (χ0) is 14.9. The summed E-state index contributed by atoms with van der Waals surface area (Å²) < 4.78 is 18.6. The van der Waals surface area contributed by atoms with Crippen LogP contribution in [0, 0.1) is 22.6 Å². The number of ether oxygens (including phenoxy) is 1. The van der Waals surface area contributed by atoms with Gasteiger partial charge in [0.15, 0.2) is 0 Å². The number of hydrogen-bond acceptors (Lipinski definition) is 3. The van der Waals surface area contributed by atoms with Gasteiger partial charge in [-0.25, -0.2) is 4.39 Å². The van der Waals surface area contributed by atoms with E-state index in [-0.39, 0.29) is 12.4 Å². The highest BCUT2D eigenvalue weighted by Gasteiger charge is 2.43. The first-order valence-corrected chi connectivity index (χ1v) is 6.70. The number of halogens is 1. The summed E-state index contributed by atoms with van der Waals surface area (Å²) >= 11 is 0. The van der Waals surface area contributed by atoms with Gasteiger partial charge in [-0.1, -0.05) is 30.3 Å². The van der Waals surface area contributed by atoms with Crippen LogP contribution in [0.15, 0.2) is 48.5 Å². The van der Waals surface area contributed by atoms with Gasteiger partial charge in [0.05, 0.1) is 6.07 Å². The second kappa shape index (κ2) is 5.19. The maximum atomic E-state index is 13.0. The average Bonchev–Trinajstić information content (AvgIpc) is 2.54. The lowest BCUT2D eigenvalue weighted by molar-refractivity contribution is 0.0171. The van der Waals surface area contributed by atoms with Crippen LogP contribution in [0.25, 0.3) is 0 Å². The van der Waals surface area contributed by atoms with Crippen molar-refractivity contribution in [2.24, 2.45) is 5.41 Å². The second-order valence-electron chi connectivity index (χ2n) is 5.30. The van der Waals surface area contributed by atoms with Gasteiger partial charge < -0.3 is 9.84 Å².